The summed E-state index contributed by atoms with van der Waals surface area (Å²) in [6, 6.07) is 10.3. The molecular formula is C24H32BrF2NO. The van der Waals surface area contributed by atoms with Gasteiger partial charge in [-0.05, 0) is 67.9 Å². The van der Waals surface area contributed by atoms with Crippen molar-refractivity contribution in [2.24, 2.45) is 5.92 Å². The molecule has 2 aromatic rings. The standard InChI is InChI=1S/C24H31F2NO.BrH/c1-17-8-6-9-18(2)24(17)20(14-21-22(25)12-7-13-23(21)26)16-27(28-3)15-19-10-4-5-11-19;/h6-9,12-13,19-20H,4-5,10-11,14-16H2,1-3H3;1H. The number of hydrogen-bond acceptors (Lipinski definition) is 2. The number of hydroxylamine groups is 2. The van der Waals surface area contributed by atoms with Crippen LogP contribution in [0.25, 0.3) is 0 Å². The summed E-state index contributed by atoms with van der Waals surface area (Å²) in [5.41, 5.74) is 3.63. The van der Waals surface area contributed by atoms with Crippen molar-refractivity contribution in [1.82, 2.24) is 5.06 Å². The Labute approximate surface area is 184 Å². The molecule has 0 saturated heterocycles. The van der Waals surface area contributed by atoms with Gasteiger partial charge in [-0.25, -0.2) is 8.78 Å². The first-order chi connectivity index (χ1) is 13.5. The predicted octanol–water partition coefficient (Wildman–Crippen LogP) is 6.54. The minimum atomic E-state index is -0.476. The number of rotatable bonds is 8. The lowest BCUT2D eigenvalue weighted by molar-refractivity contribution is -0.142. The second-order valence-corrected chi connectivity index (χ2v) is 8.09. The number of benzene rings is 2. The zero-order valence-electron chi connectivity index (χ0n) is 17.6. The van der Waals surface area contributed by atoms with E-state index in [4.69, 9.17) is 4.84 Å². The Morgan fingerprint density at radius 2 is 1.55 bits per heavy atom. The van der Waals surface area contributed by atoms with Gasteiger partial charge >= 0.3 is 0 Å². The Balaban J connectivity index is 0.00000300. The molecule has 0 N–H and O–H groups in total. The van der Waals surface area contributed by atoms with Crippen molar-refractivity contribution < 1.29 is 13.6 Å². The van der Waals surface area contributed by atoms with Crippen LogP contribution in [-0.2, 0) is 11.3 Å². The van der Waals surface area contributed by atoms with Crippen molar-refractivity contribution in [3.63, 3.8) is 0 Å². The quantitative estimate of drug-likeness (QED) is 0.408. The second kappa shape index (κ2) is 11.2. The molecular weight excluding hydrogens is 436 g/mol. The summed E-state index contributed by atoms with van der Waals surface area (Å²) in [5, 5.41) is 1.99. The lowest BCUT2D eigenvalue weighted by atomic mass is 9.85. The smallest absolute Gasteiger partial charge is 0.129 e. The van der Waals surface area contributed by atoms with Gasteiger partial charge in [-0.1, -0.05) is 37.1 Å². The molecule has 1 aliphatic rings. The highest BCUT2D eigenvalue weighted by Crippen LogP contribution is 2.31. The molecule has 1 atom stereocenters. The lowest BCUT2D eigenvalue weighted by Crippen LogP contribution is -2.33. The van der Waals surface area contributed by atoms with Crippen molar-refractivity contribution in [2.75, 3.05) is 20.2 Å². The number of nitrogens with zero attached hydrogens (tertiary/aromatic N) is 1. The fourth-order valence-corrected chi connectivity index (χ4v) is 4.65. The summed E-state index contributed by atoms with van der Waals surface area (Å²) in [6.45, 7) is 5.63. The highest BCUT2D eigenvalue weighted by molar-refractivity contribution is 8.93. The van der Waals surface area contributed by atoms with Gasteiger partial charge in [0.05, 0.1) is 7.11 Å². The minimum Gasteiger partial charge on any atom is -0.302 e. The molecule has 1 aliphatic carbocycles. The lowest BCUT2D eigenvalue weighted by Gasteiger charge is -2.30. The highest BCUT2D eigenvalue weighted by Gasteiger charge is 2.25. The van der Waals surface area contributed by atoms with E-state index in [1.807, 2.05) is 11.1 Å². The third-order valence-electron chi connectivity index (χ3n) is 6.08. The second-order valence-electron chi connectivity index (χ2n) is 8.09. The van der Waals surface area contributed by atoms with Crippen molar-refractivity contribution >= 4 is 17.0 Å². The molecule has 160 valence electrons. The van der Waals surface area contributed by atoms with E-state index < -0.39 is 11.6 Å². The molecule has 2 aromatic carbocycles. The summed E-state index contributed by atoms with van der Waals surface area (Å²) >= 11 is 0. The highest BCUT2D eigenvalue weighted by atomic mass is 79.9. The first kappa shape index (κ1) is 24.0. The molecule has 3 rings (SSSR count). The fourth-order valence-electron chi connectivity index (χ4n) is 4.65. The number of aryl methyl sites for hydroxylation is 2. The maximum atomic E-state index is 14.4. The third-order valence-corrected chi connectivity index (χ3v) is 6.08. The van der Waals surface area contributed by atoms with Gasteiger partial charge in [-0.3, -0.25) is 0 Å². The van der Waals surface area contributed by atoms with Crippen molar-refractivity contribution in [3.8, 4) is 0 Å². The van der Waals surface area contributed by atoms with Crippen LogP contribution in [0.5, 0.6) is 0 Å². The van der Waals surface area contributed by atoms with Crippen LogP contribution in [0.4, 0.5) is 8.78 Å². The third kappa shape index (κ3) is 6.09. The van der Waals surface area contributed by atoms with Gasteiger partial charge in [0.25, 0.3) is 0 Å². The minimum absolute atomic E-state index is 0. The van der Waals surface area contributed by atoms with E-state index in [0.29, 0.717) is 18.9 Å². The van der Waals surface area contributed by atoms with E-state index in [1.165, 1.54) is 49.4 Å². The van der Waals surface area contributed by atoms with Gasteiger partial charge in [-0.2, -0.15) is 5.06 Å². The Kier molecular flexibility index (Phi) is 9.25. The Bertz CT molecular complexity index is 752. The van der Waals surface area contributed by atoms with Gasteiger partial charge in [0.15, 0.2) is 0 Å². The van der Waals surface area contributed by atoms with Crippen molar-refractivity contribution in [1.29, 1.82) is 0 Å². The Morgan fingerprint density at radius 3 is 2.10 bits per heavy atom. The van der Waals surface area contributed by atoms with E-state index in [0.717, 1.165) is 17.7 Å². The number of halogens is 3. The van der Waals surface area contributed by atoms with Crippen LogP contribution < -0.4 is 0 Å². The molecule has 0 radical (unpaired) electrons. The summed E-state index contributed by atoms with van der Waals surface area (Å²) in [5.74, 6) is -0.357. The van der Waals surface area contributed by atoms with Crippen LogP contribution in [0.1, 0.15) is 53.9 Å². The predicted molar refractivity (Wildman–Crippen MR) is 120 cm³/mol. The van der Waals surface area contributed by atoms with Crippen molar-refractivity contribution in [2.45, 2.75) is 51.9 Å². The molecule has 29 heavy (non-hydrogen) atoms. The molecule has 5 heteroatoms. The molecule has 0 aromatic heterocycles. The average molecular weight is 468 g/mol. The van der Waals surface area contributed by atoms with Crippen LogP contribution in [0, 0.1) is 31.4 Å². The number of hydrogen-bond donors (Lipinski definition) is 0. The van der Waals surface area contributed by atoms with Gasteiger partial charge < -0.3 is 4.84 Å². The van der Waals surface area contributed by atoms with Gasteiger partial charge in [0, 0.05) is 24.6 Å². The van der Waals surface area contributed by atoms with E-state index >= 15 is 0 Å². The van der Waals surface area contributed by atoms with Crippen LogP contribution >= 0.6 is 17.0 Å². The monoisotopic (exact) mass is 467 g/mol. The molecule has 2 nitrogen and oxygen atoms in total. The Hall–Kier alpha value is -1.30. The van der Waals surface area contributed by atoms with E-state index in [1.54, 1.807) is 7.11 Å². The maximum Gasteiger partial charge on any atom is 0.129 e. The van der Waals surface area contributed by atoms with Gasteiger partial charge in [-0.15, -0.1) is 17.0 Å². The van der Waals surface area contributed by atoms with E-state index in [-0.39, 0.29) is 28.5 Å². The summed E-state index contributed by atoms with van der Waals surface area (Å²) in [6.07, 6.45) is 5.34. The zero-order valence-corrected chi connectivity index (χ0v) is 19.3. The normalized spacial score (nSPS) is 15.5. The first-order valence-electron chi connectivity index (χ1n) is 10.3. The Morgan fingerprint density at radius 1 is 1.00 bits per heavy atom. The SMILES string of the molecule is Br.CON(CC1CCCC1)CC(Cc1c(F)cccc1F)c1c(C)cccc1C. The zero-order chi connectivity index (χ0) is 20.1. The van der Waals surface area contributed by atoms with E-state index in [9.17, 15) is 8.78 Å². The summed E-state index contributed by atoms with van der Waals surface area (Å²) in [4.78, 5) is 5.69. The fraction of sp³-hybridized carbons (Fsp3) is 0.500. The van der Waals surface area contributed by atoms with Crippen LogP contribution in [0.2, 0.25) is 0 Å². The molecule has 1 unspecified atom stereocenters. The molecule has 0 bridgehead atoms. The molecule has 0 heterocycles. The average Bonchev–Trinajstić information content (AvgIpc) is 3.16. The van der Waals surface area contributed by atoms with Crippen LogP contribution in [0.15, 0.2) is 36.4 Å². The van der Waals surface area contributed by atoms with Crippen molar-refractivity contribution in [3.05, 3.63) is 70.3 Å². The summed E-state index contributed by atoms with van der Waals surface area (Å²) < 4.78 is 28.8. The largest absolute Gasteiger partial charge is 0.302 e. The summed E-state index contributed by atoms with van der Waals surface area (Å²) in [7, 11) is 1.69. The maximum absolute atomic E-state index is 14.4. The molecule has 0 spiro atoms. The van der Waals surface area contributed by atoms with Gasteiger partial charge in [0.1, 0.15) is 11.6 Å². The first-order valence-corrected chi connectivity index (χ1v) is 10.3. The molecule has 0 amide bonds. The molecule has 0 aliphatic heterocycles. The molecule has 1 fully saturated rings. The topological polar surface area (TPSA) is 12.5 Å². The van der Waals surface area contributed by atoms with Gasteiger partial charge in [0.2, 0.25) is 0 Å². The van der Waals surface area contributed by atoms with Crippen LogP contribution in [0.3, 0.4) is 0 Å². The molecule has 1 saturated carbocycles. The van der Waals surface area contributed by atoms with Crippen LogP contribution in [-0.4, -0.2) is 25.3 Å². The van der Waals surface area contributed by atoms with E-state index in [2.05, 4.69) is 26.0 Å².